The van der Waals surface area contributed by atoms with Gasteiger partial charge in [0, 0.05) is 35.2 Å². The van der Waals surface area contributed by atoms with Gasteiger partial charge in [0.25, 0.3) is 0 Å². The van der Waals surface area contributed by atoms with E-state index in [4.69, 9.17) is 5.73 Å². The van der Waals surface area contributed by atoms with Gasteiger partial charge < -0.3 is 15.6 Å². The first-order valence-corrected chi connectivity index (χ1v) is 14.3. The number of nitriles is 1. The van der Waals surface area contributed by atoms with E-state index < -0.39 is 0 Å². The first kappa shape index (κ1) is 23.9. The topological polar surface area (TPSA) is 66.8 Å². The van der Waals surface area contributed by atoms with Gasteiger partial charge in [0.05, 0.1) is 11.6 Å². The van der Waals surface area contributed by atoms with Crippen LogP contribution in [0.4, 0.5) is 0 Å². The van der Waals surface area contributed by atoms with Crippen LogP contribution in [0.25, 0.3) is 10.9 Å². The monoisotopic (exact) mass is 460 g/mol. The summed E-state index contributed by atoms with van der Waals surface area (Å²) in [5.41, 5.74) is 9.82. The van der Waals surface area contributed by atoms with Crippen LogP contribution in [-0.4, -0.2) is 23.2 Å². The summed E-state index contributed by atoms with van der Waals surface area (Å²) in [6, 6.07) is 10.5. The fourth-order valence-corrected chi connectivity index (χ4v) is 7.26. The van der Waals surface area contributed by atoms with E-state index in [-0.39, 0.29) is 0 Å². The molecule has 1 aromatic carbocycles. The molecule has 0 spiro atoms. The second kappa shape index (κ2) is 11.3. The fourth-order valence-electron chi connectivity index (χ4n) is 7.26. The van der Waals surface area contributed by atoms with Gasteiger partial charge in [-0.2, -0.15) is 5.26 Å². The van der Waals surface area contributed by atoms with Crippen LogP contribution in [0.15, 0.2) is 24.4 Å². The van der Waals surface area contributed by atoms with Crippen molar-refractivity contribution in [3.05, 3.63) is 35.5 Å². The van der Waals surface area contributed by atoms with Crippen molar-refractivity contribution in [2.45, 2.75) is 120 Å². The number of nitrogens with one attached hydrogen (secondary N) is 1. The molecule has 3 saturated carbocycles. The summed E-state index contributed by atoms with van der Waals surface area (Å²) in [6.45, 7) is 1.09. The predicted octanol–water partition coefficient (Wildman–Crippen LogP) is 6.93. The van der Waals surface area contributed by atoms with Crippen molar-refractivity contribution < 1.29 is 0 Å². The number of nitrogens with two attached hydrogens (primary N) is 1. The minimum Gasteiger partial charge on any atom is -0.344 e. The molecule has 0 aliphatic heterocycles. The molecule has 4 heteroatoms. The Morgan fingerprint density at radius 3 is 2.35 bits per heavy atom. The molecule has 2 aromatic rings. The van der Waals surface area contributed by atoms with Gasteiger partial charge in [-0.05, 0) is 99.9 Å². The maximum atomic E-state index is 9.66. The van der Waals surface area contributed by atoms with Crippen molar-refractivity contribution in [3.8, 4) is 6.07 Å². The Bertz CT molecular complexity index is 966. The summed E-state index contributed by atoms with van der Waals surface area (Å²) in [4.78, 5) is 0. The first-order valence-electron chi connectivity index (χ1n) is 14.3. The lowest BCUT2D eigenvalue weighted by Crippen LogP contribution is -2.38. The van der Waals surface area contributed by atoms with Crippen LogP contribution >= 0.6 is 0 Å². The molecule has 3 aliphatic rings. The molecule has 0 bridgehead atoms. The molecule has 0 radical (unpaired) electrons. The van der Waals surface area contributed by atoms with Gasteiger partial charge >= 0.3 is 0 Å². The van der Waals surface area contributed by atoms with Gasteiger partial charge in [0.15, 0.2) is 0 Å². The minimum atomic E-state index is 0.410. The van der Waals surface area contributed by atoms with Crippen molar-refractivity contribution >= 4 is 10.9 Å². The molecule has 34 heavy (non-hydrogen) atoms. The van der Waals surface area contributed by atoms with Gasteiger partial charge in [-0.15, -0.1) is 0 Å². The van der Waals surface area contributed by atoms with Gasteiger partial charge in [0.2, 0.25) is 0 Å². The lowest BCUT2D eigenvalue weighted by molar-refractivity contribution is 0.282. The van der Waals surface area contributed by atoms with E-state index in [1.807, 2.05) is 6.07 Å². The third kappa shape index (κ3) is 5.37. The van der Waals surface area contributed by atoms with Crippen LogP contribution in [0.3, 0.4) is 0 Å². The first-order chi connectivity index (χ1) is 16.7. The zero-order valence-electron chi connectivity index (χ0n) is 21.0. The molecule has 0 amide bonds. The molecule has 1 aromatic heterocycles. The molecule has 3 fully saturated rings. The minimum absolute atomic E-state index is 0.410. The molecule has 1 atom stereocenters. The van der Waals surface area contributed by atoms with Crippen LogP contribution in [0.5, 0.6) is 0 Å². The van der Waals surface area contributed by atoms with Crippen molar-refractivity contribution in [3.63, 3.8) is 0 Å². The third-order valence-corrected chi connectivity index (χ3v) is 9.24. The second-order valence-electron chi connectivity index (χ2n) is 11.5. The molecule has 3 aliphatic carbocycles. The van der Waals surface area contributed by atoms with Gasteiger partial charge in [-0.25, -0.2) is 0 Å². The number of fused-ring (bicyclic) bond motifs is 1. The van der Waals surface area contributed by atoms with Crippen molar-refractivity contribution in [2.24, 2.45) is 11.7 Å². The largest absolute Gasteiger partial charge is 0.344 e. The summed E-state index contributed by atoms with van der Waals surface area (Å²) < 4.78 is 2.61. The molecule has 4 nitrogen and oxygen atoms in total. The van der Waals surface area contributed by atoms with Crippen LogP contribution in [0.2, 0.25) is 0 Å². The number of hydrogen-bond acceptors (Lipinski definition) is 3. The summed E-state index contributed by atoms with van der Waals surface area (Å²) in [6.07, 6.45) is 22.0. The van der Waals surface area contributed by atoms with Crippen molar-refractivity contribution in [1.82, 2.24) is 9.88 Å². The lowest BCUT2D eigenvalue weighted by Gasteiger charge is -2.32. The number of aromatic nitrogens is 1. The van der Waals surface area contributed by atoms with Gasteiger partial charge in [-0.1, -0.05) is 38.5 Å². The molecule has 1 unspecified atom stereocenters. The van der Waals surface area contributed by atoms with Crippen LogP contribution in [0, 0.1) is 17.2 Å². The van der Waals surface area contributed by atoms with E-state index >= 15 is 0 Å². The summed E-state index contributed by atoms with van der Waals surface area (Å²) in [5.74, 6) is 1.35. The molecule has 5 rings (SSSR count). The summed E-state index contributed by atoms with van der Waals surface area (Å²) in [7, 11) is 0. The van der Waals surface area contributed by atoms with Crippen LogP contribution in [-0.2, 0) is 0 Å². The Morgan fingerprint density at radius 2 is 1.65 bits per heavy atom. The maximum absolute atomic E-state index is 9.66. The second-order valence-corrected chi connectivity index (χ2v) is 11.5. The van der Waals surface area contributed by atoms with Crippen LogP contribution < -0.4 is 11.1 Å². The Labute approximate surface area is 206 Å². The fraction of sp³-hybridized carbons (Fsp3) is 0.700. The zero-order chi connectivity index (χ0) is 23.3. The van der Waals surface area contributed by atoms with E-state index in [9.17, 15) is 5.26 Å². The Balaban J connectivity index is 1.43. The molecule has 184 valence electrons. The van der Waals surface area contributed by atoms with E-state index in [2.05, 4.69) is 34.3 Å². The highest BCUT2D eigenvalue weighted by molar-refractivity contribution is 5.86. The number of benzene rings is 1. The SMILES string of the molecule is N#Cc1ccc2c(c1)c(C(CCNC1CCC(N)CC1)C1CCCCC1)cn2C1CCCCC1. The summed E-state index contributed by atoms with van der Waals surface area (Å²) >= 11 is 0. The predicted molar refractivity (Wildman–Crippen MR) is 141 cm³/mol. The smallest absolute Gasteiger partial charge is 0.0991 e. The highest BCUT2D eigenvalue weighted by Crippen LogP contribution is 2.43. The third-order valence-electron chi connectivity index (χ3n) is 9.24. The Morgan fingerprint density at radius 1 is 0.941 bits per heavy atom. The van der Waals surface area contributed by atoms with Gasteiger partial charge in [-0.3, -0.25) is 0 Å². The highest BCUT2D eigenvalue weighted by atomic mass is 15.0. The van der Waals surface area contributed by atoms with E-state index in [0.717, 1.165) is 30.9 Å². The molecule has 0 saturated heterocycles. The average Bonchev–Trinajstić information content (AvgIpc) is 3.27. The maximum Gasteiger partial charge on any atom is 0.0991 e. The zero-order valence-corrected chi connectivity index (χ0v) is 21.0. The van der Waals surface area contributed by atoms with E-state index in [0.29, 0.717) is 24.0 Å². The highest BCUT2D eigenvalue weighted by Gasteiger charge is 2.29. The Hall–Kier alpha value is -1.83. The Kier molecular flexibility index (Phi) is 7.92. The molecule has 3 N–H and O–H groups in total. The normalized spacial score (nSPS) is 25.9. The van der Waals surface area contributed by atoms with Crippen molar-refractivity contribution in [1.29, 1.82) is 5.26 Å². The summed E-state index contributed by atoms with van der Waals surface area (Å²) in [5, 5.41) is 14.9. The molecule has 1 heterocycles. The molecular formula is C30H44N4. The van der Waals surface area contributed by atoms with Gasteiger partial charge in [0.1, 0.15) is 0 Å². The van der Waals surface area contributed by atoms with Crippen molar-refractivity contribution in [2.75, 3.05) is 6.54 Å². The van der Waals surface area contributed by atoms with Crippen LogP contribution in [0.1, 0.15) is 119 Å². The molecular weight excluding hydrogens is 416 g/mol. The standard InChI is InChI=1S/C30H44N4/c31-20-22-11-16-30-28(19-22)29(21-34(30)26-9-5-2-6-10-26)27(23-7-3-1-4-8-23)17-18-33-25-14-12-24(32)13-15-25/h11,16,19,21,23-27,33H,1-10,12-15,17-18,32H2. The number of rotatable bonds is 7. The average molecular weight is 461 g/mol. The lowest BCUT2D eigenvalue weighted by atomic mass is 9.75. The van der Waals surface area contributed by atoms with E-state index in [1.54, 1.807) is 0 Å². The number of nitrogens with zero attached hydrogens (tertiary/aromatic N) is 2. The van der Waals surface area contributed by atoms with E-state index in [1.165, 1.54) is 99.9 Å². The number of hydrogen-bond donors (Lipinski definition) is 2. The quantitative estimate of drug-likeness (QED) is 0.471.